The minimum absolute atomic E-state index is 0.516. The van der Waals surface area contributed by atoms with Crippen molar-refractivity contribution in [1.82, 2.24) is 19.5 Å². The van der Waals surface area contributed by atoms with Crippen molar-refractivity contribution in [2.45, 2.75) is 5.41 Å². The number of hydrogen-bond acceptors (Lipinski definition) is 4. The Bertz CT molecular complexity index is 4260. The lowest BCUT2D eigenvalue weighted by Gasteiger charge is -2.41. The largest absolute Gasteiger partial charge is 0.454 e. The highest BCUT2D eigenvalue weighted by Gasteiger charge is 2.53. The van der Waals surface area contributed by atoms with E-state index in [1.807, 2.05) is 36.4 Å². The Balaban J connectivity index is 1.11. The Morgan fingerprint density at radius 3 is 1.29 bits per heavy atom. The fraction of sp³-hybridized carbons (Fsp3) is 0.0143. The molecule has 2 aromatic heterocycles. The van der Waals surface area contributed by atoms with Crippen LogP contribution in [0.25, 0.3) is 106 Å². The van der Waals surface area contributed by atoms with Crippen molar-refractivity contribution in [1.29, 1.82) is 0 Å². The summed E-state index contributed by atoms with van der Waals surface area (Å²) in [5.41, 5.74) is 18.2. The Labute approximate surface area is 434 Å². The van der Waals surface area contributed by atoms with Crippen LogP contribution in [0.2, 0.25) is 0 Å². The van der Waals surface area contributed by atoms with Crippen molar-refractivity contribution in [2.75, 3.05) is 0 Å². The third-order valence-corrected chi connectivity index (χ3v) is 15.3. The lowest BCUT2D eigenvalue weighted by atomic mass is 9.64. The van der Waals surface area contributed by atoms with Gasteiger partial charge in [0.15, 0.2) is 23.2 Å². The maximum atomic E-state index is 7.98. The van der Waals surface area contributed by atoms with Crippen LogP contribution in [0.3, 0.4) is 0 Å². The van der Waals surface area contributed by atoms with Crippen LogP contribution in [0.1, 0.15) is 22.3 Å². The van der Waals surface area contributed by atoms with Crippen LogP contribution in [0.4, 0.5) is 0 Å². The highest BCUT2D eigenvalue weighted by Crippen LogP contribution is 2.65. The van der Waals surface area contributed by atoms with Crippen LogP contribution in [0, 0.1) is 0 Å². The van der Waals surface area contributed by atoms with Crippen molar-refractivity contribution in [3.63, 3.8) is 0 Å². The second-order valence-corrected chi connectivity index (χ2v) is 19.4. The zero-order valence-corrected chi connectivity index (χ0v) is 40.6. The molecule has 75 heavy (non-hydrogen) atoms. The molecule has 0 saturated heterocycles. The number of ether oxygens (including phenoxy) is 1. The zero-order chi connectivity index (χ0) is 49.5. The molecule has 5 heteroatoms. The first kappa shape index (κ1) is 42.7. The molecule has 5 nitrogen and oxygen atoms in total. The lowest BCUT2D eigenvalue weighted by molar-refractivity contribution is 0.436. The zero-order valence-electron chi connectivity index (χ0n) is 40.6. The summed E-state index contributed by atoms with van der Waals surface area (Å²) >= 11 is 0. The normalized spacial score (nSPS) is 12.7. The summed E-state index contributed by atoms with van der Waals surface area (Å²) in [6.45, 7) is 0. The van der Waals surface area contributed by atoms with Gasteiger partial charge in [-0.25, -0.2) is 15.0 Å². The van der Waals surface area contributed by atoms with E-state index in [1.54, 1.807) is 0 Å². The van der Waals surface area contributed by atoms with E-state index in [0.29, 0.717) is 23.2 Å². The first-order chi connectivity index (χ1) is 37.2. The summed E-state index contributed by atoms with van der Waals surface area (Å²) < 4.78 is 10.4. The second-order valence-electron chi connectivity index (χ2n) is 19.4. The van der Waals surface area contributed by atoms with Gasteiger partial charge in [-0.15, -0.1) is 0 Å². The van der Waals surface area contributed by atoms with Gasteiger partial charge in [0, 0.05) is 33.0 Å². The van der Waals surface area contributed by atoms with Crippen LogP contribution >= 0.6 is 0 Å². The van der Waals surface area contributed by atoms with E-state index in [9.17, 15) is 0 Å². The molecule has 1 spiro atoms. The highest BCUT2D eigenvalue weighted by atomic mass is 16.5. The van der Waals surface area contributed by atoms with E-state index in [4.69, 9.17) is 19.7 Å². The van der Waals surface area contributed by atoms with Gasteiger partial charge in [-0.1, -0.05) is 224 Å². The Morgan fingerprint density at radius 2 is 0.720 bits per heavy atom. The van der Waals surface area contributed by atoms with E-state index in [-0.39, 0.29) is 0 Å². The molecule has 15 rings (SSSR count). The summed E-state index contributed by atoms with van der Waals surface area (Å²) in [7, 11) is 0. The molecule has 11 aromatic carbocycles. The summed E-state index contributed by atoms with van der Waals surface area (Å²) in [6, 6.07) is 95.3. The predicted octanol–water partition coefficient (Wildman–Crippen LogP) is 17.4. The number of aromatic nitrogens is 4. The summed E-state index contributed by atoms with van der Waals surface area (Å²) in [5.74, 6) is 3.13. The molecule has 0 N–H and O–H groups in total. The molecule has 0 amide bonds. The molecule has 350 valence electrons. The van der Waals surface area contributed by atoms with Gasteiger partial charge in [0.25, 0.3) is 0 Å². The van der Waals surface area contributed by atoms with Crippen LogP contribution in [-0.4, -0.2) is 19.5 Å². The molecular weight excluding hydrogens is 913 g/mol. The molecule has 0 radical (unpaired) electrons. The van der Waals surface area contributed by atoms with Crippen LogP contribution < -0.4 is 4.74 Å². The summed E-state index contributed by atoms with van der Waals surface area (Å²) in [4.78, 5) is 16.0. The Morgan fingerprint density at radius 1 is 0.280 bits per heavy atom. The first-order valence-electron chi connectivity index (χ1n) is 25.5. The smallest absolute Gasteiger partial charge is 0.167 e. The molecule has 0 fully saturated rings. The van der Waals surface area contributed by atoms with Gasteiger partial charge in [-0.2, -0.15) is 0 Å². The minimum atomic E-state index is -0.883. The number of benzene rings is 11. The molecule has 3 heterocycles. The van der Waals surface area contributed by atoms with E-state index >= 15 is 0 Å². The number of rotatable bonds is 7. The third kappa shape index (κ3) is 6.68. The molecule has 0 bridgehead atoms. The average molecular weight is 957 g/mol. The van der Waals surface area contributed by atoms with Crippen molar-refractivity contribution >= 4 is 21.8 Å². The minimum Gasteiger partial charge on any atom is -0.454 e. The molecule has 0 atom stereocenters. The molecule has 13 aromatic rings. The van der Waals surface area contributed by atoms with Crippen molar-refractivity contribution in [3.05, 3.63) is 289 Å². The number of hydrogen-bond donors (Lipinski definition) is 0. The Kier molecular flexibility index (Phi) is 9.72. The fourth-order valence-electron chi connectivity index (χ4n) is 12.0. The Hall–Kier alpha value is -9.97. The van der Waals surface area contributed by atoms with Crippen molar-refractivity contribution < 1.29 is 4.74 Å². The van der Waals surface area contributed by atoms with Crippen molar-refractivity contribution in [2.24, 2.45) is 0 Å². The summed E-state index contributed by atoms with van der Waals surface area (Å²) in [5, 5.41) is 2.32. The quantitative estimate of drug-likeness (QED) is 0.160. The first-order valence-corrected chi connectivity index (χ1v) is 25.5. The highest BCUT2D eigenvalue weighted by molar-refractivity contribution is 6.11. The van der Waals surface area contributed by atoms with Crippen LogP contribution in [-0.2, 0) is 5.41 Å². The van der Waals surface area contributed by atoms with Gasteiger partial charge >= 0.3 is 0 Å². The standard InChI is InChI=1S/C70H44N4O/c1-6-22-45(23-7-1)50-38-39-63-56(40-50)55-34-18-21-37-62(55)74(63)64-44-52(47-26-10-3-11-27-47)43-61-66(64)75-65-57(69-72-67(48-28-12-4-13-29-48)71-68(73-69)49-30-14-5-15-31-49)41-51(46-24-8-2-9-25-46)42-60(65)70(61)58-35-19-16-32-53(58)54-33-17-20-36-59(54)70/h1-44H. The van der Waals surface area contributed by atoms with E-state index < -0.39 is 5.41 Å². The van der Waals surface area contributed by atoms with Gasteiger partial charge in [0.1, 0.15) is 5.75 Å². The molecular formula is C70H44N4O. The second kappa shape index (κ2) is 17.1. The third-order valence-electron chi connectivity index (χ3n) is 15.3. The SMILES string of the molecule is c1ccc(-c2cc(-c3nc(-c4ccccc4)nc(-c4ccccc4)n3)c3c(c2)C2(c4ccccc4-c4ccccc42)c2cc(-c4ccccc4)cc(-n4c5ccccc5c5cc(-c6ccccc6)ccc54)c2O3)cc1. The van der Waals surface area contributed by atoms with Crippen molar-refractivity contribution in [3.8, 4) is 95.9 Å². The van der Waals surface area contributed by atoms with Gasteiger partial charge in [-0.3, -0.25) is 0 Å². The van der Waals surface area contributed by atoms with Gasteiger partial charge < -0.3 is 9.30 Å². The van der Waals surface area contributed by atoms with E-state index in [0.717, 1.165) is 88.9 Å². The van der Waals surface area contributed by atoms with Gasteiger partial charge in [0.2, 0.25) is 0 Å². The molecule has 2 aliphatic rings. The fourth-order valence-corrected chi connectivity index (χ4v) is 12.0. The average Bonchev–Trinajstić information content (AvgIpc) is 4.18. The van der Waals surface area contributed by atoms with E-state index in [2.05, 4.69) is 235 Å². The predicted molar refractivity (Wildman–Crippen MR) is 304 cm³/mol. The van der Waals surface area contributed by atoms with Gasteiger partial charge in [0.05, 0.1) is 27.7 Å². The molecule has 0 saturated carbocycles. The monoisotopic (exact) mass is 956 g/mol. The number of fused-ring (bicyclic) bond motifs is 12. The van der Waals surface area contributed by atoms with E-state index in [1.165, 1.54) is 27.8 Å². The molecule has 0 unspecified atom stereocenters. The lowest BCUT2D eigenvalue weighted by Crippen LogP contribution is -2.33. The molecule has 1 aliphatic heterocycles. The number of para-hydroxylation sites is 1. The van der Waals surface area contributed by atoms with Crippen LogP contribution in [0.15, 0.2) is 267 Å². The van der Waals surface area contributed by atoms with Gasteiger partial charge in [-0.05, 0) is 98.1 Å². The number of nitrogens with zero attached hydrogens (tertiary/aromatic N) is 4. The maximum Gasteiger partial charge on any atom is 0.167 e. The maximum absolute atomic E-state index is 7.98. The summed E-state index contributed by atoms with van der Waals surface area (Å²) in [6.07, 6.45) is 0. The topological polar surface area (TPSA) is 52.8 Å². The molecule has 1 aliphatic carbocycles. The van der Waals surface area contributed by atoms with Crippen LogP contribution in [0.5, 0.6) is 11.5 Å².